The van der Waals surface area contributed by atoms with Crippen molar-refractivity contribution in [2.75, 3.05) is 7.11 Å². The highest BCUT2D eigenvalue weighted by molar-refractivity contribution is 5.63. The number of alkyl halides is 3. The maximum atomic E-state index is 14.1. The quantitative estimate of drug-likeness (QED) is 0.350. The summed E-state index contributed by atoms with van der Waals surface area (Å²) in [4.78, 5) is 13.5. The van der Waals surface area contributed by atoms with Crippen molar-refractivity contribution in [3.05, 3.63) is 77.6 Å². The summed E-state index contributed by atoms with van der Waals surface area (Å²) in [5.41, 5.74) is 2.61. The molecule has 36 heavy (non-hydrogen) atoms. The number of rotatable bonds is 5. The van der Waals surface area contributed by atoms with Crippen molar-refractivity contribution in [2.24, 2.45) is 0 Å². The van der Waals surface area contributed by atoms with E-state index in [1.807, 2.05) is 19.2 Å². The molecular formula is C26H25F3N6O. The molecule has 0 saturated carbocycles. The summed E-state index contributed by atoms with van der Waals surface area (Å²) < 4.78 is 51.1. The zero-order chi connectivity index (χ0) is 25.6. The molecule has 1 aromatic carbocycles. The minimum Gasteiger partial charge on any atom is -0.479 e. The van der Waals surface area contributed by atoms with Gasteiger partial charge in [-0.3, -0.25) is 0 Å². The number of ether oxygens (including phenoxy) is 1. The minimum atomic E-state index is -4.50. The van der Waals surface area contributed by atoms with Crippen LogP contribution in [0.1, 0.15) is 53.9 Å². The van der Waals surface area contributed by atoms with Gasteiger partial charge in [-0.25, -0.2) is 19.6 Å². The molecule has 10 heteroatoms. The van der Waals surface area contributed by atoms with E-state index < -0.39 is 17.7 Å². The van der Waals surface area contributed by atoms with Gasteiger partial charge < -0.3 is 9.30 Å². The third-order valence-corrected chi connectivity index (χ3v) is 6.35. The van der Waals surface area contributed by atoms with E-state index in [1.54, 1.807) is 40.7 Å². The van der Waals surface area contributed by atoms with Crippen molar-refractivity contribution < 1.29 is 17.9 Å². The van der Waals surface area contributed by atoms with Crippen LogP contribution in [-0.4, -0.2) is 36.4 Å². The van der Waals surface area contributed by atoms with Crippen LogP contribution >= 0.6 is 0 Å². The molecular weight excluding hydrogens is 469 g/mol. The second-order valence-corrected chi connectivity index (χ2v) is 8.94. The zero-order valence-electron chi connectivity index (χ0n) is 20.2. The predicted octanol–water partition coefficient (Wildman–Crippen LogP) is 5.82. The van der Waals surface area contributed by atoms with Gasteiger partial charge in [0.2, 0.25) is 5.88 Å². The van der Waals surface area contributed by atoms with Crippen LogP contribution in [0.25, 0.3) is 22.8 Å². The Bertz CT molecular complexity index is 1450. The maximum Gasteiger partial charge on any atom is 0.416 e. The molecule has 186 valence electrons. The summed E-state index contributed by atoms with van der Waals surface area (Å²) in [6, 6.07) is 8.01. The highest BCUT2D eigenvalue weighted by atomic mass is 19.4. The number of nitrogens with zero attached hydrogens (tertiary/aromatic N) is 6. The molecule has 7 nitrogen and oxygen atoms in total. The van der Waals surface area contributed by atoms with Gasteiger partial charge in [0.25, 0.3) is 0 Å². The van der Waals surface area contributed by atoms with Gasteiger partial charge in [-0.2, -0.15) is 13.2 Å². The van der Waals surface area contributed by atoms with Crippen molar-refractivity contribution in [2.45, 2.75) is 45.3 Å². The van der Waals surface area contributed by atoms with E-state index in [-0.39, 0.29) is 5.56 Å². The van der Waals surface area contributed by atoms with Crippen molar-refractivity contribution in [3.63, 3.8) is 0 Å². The molecule has 0 N–H and O–H groups in total. The molecule has 1 aliphatic rings. The largest absolute Gasteiger partial charge is 0.479 e. The van der Waals surface area contributed by atoms with Crippen LogP contribution in [0.3, 0.4) is 0 Å². The fourth-order valence-electron chi connectivity index (χ4n) is 4.58. The van der Waals surface area contributed by atoms with Crippen LogP contribution in [0.5, 0.6) is 5.88 Å². The Morgan fingerprint density at radius 3 is 2.64 bits per heavy atom. The van der Waals surface area contributed by atoms with Gasteiger partial charge in [0.15, 0.2) is 5.82 Å². The van der Waals surface area contributed by atoms with Gasteiger partial charge in [0.1, 0.15) is 17.2 Å². The van der Waals surface area contributed by atoms with E-state index in [2.05, 4.69) is 26.6 Å². The number of aromatic nitrogens is 6. The van der Waals surface area contributed by atoms with Crippen molar-refractivity contribution in [1.82, 2.24) is 29.3 Å². The molecule has 1 unspecified atom stereocenters. The highest BCUT2D eigenvalue weighted by Gasteiger charge is 2.38. The average Bonchev–Trinajstić information content (AvgIpc) is 3.49. The molecule has 0 bridgehead atoms. The molecule has 4 aromatic rings. The second-order valence-electron chi connectivity index (χ2n) is 8.94. The highest BCUT2D eigenvalue weighted by Crippen LogP contribution is 2.42. The Balaban J connectivity index is 1.56. The Kier molecular flexibility index (Phi) is 5.89. The van der Waals surface area contributed by atoms with Crippen LogP contribution in [-0.2, 0) is 12.7 Å². The Morgan fingerprint density at radius 2 is 1.97 bits per heavy atom. The normalized spacial score (nSPS) is 15.6. The van der Waals surface area contributed by atoms with Gasteiger partial charge in [-0.1, -0.05) is 24.3 Å². The Morgan fingerprint density at radius 1 is 1.17 bits per heavy atom. The third-order valence-electron chi connectivity index (χ3n) is 6.35. The maximum absolute atomic E-state index is 14.1. The Labute approximate surface area is 206 Å². The Hall–Kier alpha value is -3.95. The number of allylic oxidation sites excluding steroid dienone is 1. The fourth-order valence-corrected chi connectivity index (χ4v) is 4.58. The first-order chi connectivity index (χ1) is 17.2. The molecule has 0 radical (unpaired) electrons. The number of aryl methyl sites for hydroxylation is 2. The monoisotopic (exact) mass is 494 g/mol. The van der Waals surface area contributed by atoms with Crippen LogP contribution in [0.2, 0.25) is 0 Å². The molecule has 0 spiro atoms. The topological polar surface area (TPSA) is 70.7 Å². The number of hydrogen-bond acceptors (Lipinski definition) is 5. The van der Waals surface area contributed by atoms with Crippen molar-refractivity contribution in [1.29, 1.82) is 0 Å². The second kappa shape index (κ2) is 8.92. The van der Waals surface area contributed by atoms with Gasteiger partial charge in [-0.05, 0) is 56.0 Å². The molecule has 1 aliphatic heterocycles. The molecule has 5 rings (SSSR count). The number of methoxy groups -OCH3 is 1. The van der Waals surface area contributed by atoms with Crippen LogP contribution in [0.4, 0.5) is 13.2 Å². The smallest absolute Gasteiger partial charge is 0.416 e. The summed E-state index contributed by atoms with van der Waals surface area (Å²) in [5.74, 6) is 0.672. The summed E-state index contributed by atoms with van der Waals surface area (Å²) >= 11 is 0. The standard InChI is InChI=1S/C26H25F3N6O/c1-15(2)17-7-8-18(20(12-17)26(27,28)29)19-6-5-11-35-24(19)32-23(33-35)21-9-10-22(25(31-21)36-4)34-13-16(3)30-14-34/h7-10,12-14,19H,1,5-6,11H2,2-4H3. The van der Waals surface area contributed by atoms with Crippen molar-refractivity contribution >= 4 is 5.57 Å². The summed E-state index contributed by atoms with van der Waals surface area (Å²) in [6.45, 7) is 7.94. The van der Waals surface area contributed by atoms with Crippen LogP contribution in [0, 0.1) is 6.92 Å². The fraction of sp³-hybridized carbons (Fsp3) is 0.308. The summed E-state index contributed by atoms with van der Waals surface area (Å²) in [6.07, 6.45) is 0.264. The minimum absolute atomic E-state index is 0.198. The SMILES string of the molecule is C=C(C)c1ccc(C2CCCn3nc(-c4ccc(-n5cnc(C)c5)c(OC)n4)nc32)c(C(F)(F)F)c1. The average molecular weight is 495 g/mol. The van der Waals surface area contributed by atoms with Gasteiger partial charge in [0.05, 0.1) is 24.7 Å². The van der Waals surface area contributed by atoms with E-state index in [0.29, 0.717) is 59.4 Å². The van der Waals surface area contributed by atoms with Crippen molar-refractivity contribution in [3.8, 4) is 23.1 Å². The van der Waals surface area contributed by atoms with E-state index in [1.165, 1.54) is 13.2 Å². The lowest BCUT2D eigenvalue weighted by Gasteiger charge is -2.25. The molecule has 1 atom stereocenters. The third kappa shape index (κ3) is 4.27. The summed E-state index contributed by atoms with van der Waals surface area (Å²) in [7, 11) is 1.52. The van der Waals surface area contributed by atoms with Gasteiger partial charge in [0, 0.05) is 18.7 Å². The molecule has 0 aliphatic carbocycles. The lowest BCUT2D eigenvalue weighted by molar-refractivity contribution is -0.138. The van der Waals surface area contributed by atoms with Crippen LogP contribution < -0.4 is 4.74 Å². The molecule has 3 aromatic heterocycles. The number of halogens is 3. The first-order valence-electron chi connectivity index (χ1n) is 11.5. The number of imidazole rings is 1. The lowest BCUT2D eigenvalue weighted by atomic mass is 9.86. The van der Waals surface area contributed by atoms with Gasteiger partial charge in [-0.15, -0.1) is 5.10 Å². The first kappa shape index (κ1) is 23.8. The van der Waals surface area contributed by atoms with E-state index in [9.17, 15) is 13.2 Å². The molecule has 0 fully saturated rings. The number of fused-ring (bicyclic) bond motifs is 1. The van der Waals surface area contributed by atoms with E-state index >= 15 is 0 Å². The number of hydrogen-bond donors (Lipinski definition) is 0. The van der Waals surface area contributed by atoms with E-state index in [4.69, 9.17) is 4.74 Å². The zero-order valence-corrected chi connectivity index (χ0v) is 20.2. The molecule has 0 amide bonds. The first-order valence-corrected chi connectivity index (χ1v) is 11.5. The number of benzene rings is 1. The number of pyridine rings is 1. The molecule has 0 saturated heterocycles. The summed E-state index contributed by atoms with van der Waals surface area (Å²) in [5, 5.41) is 4.59. The van der Waals surface area contributed by atoms with Crippen LogP contribution in [0.15, 0.2) is 49.4 Å². The van der Waals surface area contributed by atoms with E-state index in [0.717, 1.165) is 5.69 Å². The lowest BCUT2D eigenvalue weighted by Crippen LogP contribution is -2.21. The molecule has 4 heterocycles. The van der Waals surface area contributed by atoms with Gasteiger partial charge >= 0.3 is 6.18 Å². The predicted molar refractivity (Wildman–Crippen MR) is 129 cm³/mol.